The molecule has 0 spiro atoms. The second-order valence-electron chi connectivity index (χ2n) is 4.79. The lowest BCUT2D eigenvalue weighted by Crippen LogP contribution is -2.11. The molecule has 0 aliphatic heterocycles. The van der Waals surface area contributed by atoms with Crippen LogP contribution in [0.4, 0.5) is 0 Å². The van der Waals surface area contributed by atoms with Gasteiger partial charge in [0.25, 0.3) is 0 Å². The van der Waals surface area contributed by atoms with Gasteiger partial charge in [-0.3, -0.25) is 0 Å². The van der Waals surface area contributed by atoms with Crippen molar-refractivity contribution in [1.29, 1.82) is 0 Å². The zero-order chi connectivity index (χ0) is 13.9. The molecule has 0 N–H and O–H groups in total. The van der Waals surface area contributed by atoms with Gasteiger partial charge in [-0.15, -0.1) is 0 Å². The third kappa shape index (κ3) is 7.73. The van der Waals surface area contributed by atoms with Crippen molar-refractivity contribution >= 4 is 0 Å². The van der Waals surface area contributed by atoms with Crippen LogP contribution in [0.25, 0.3) is 0 Å². The quantitative estimate of drug-likeness (QED) is 0.598. The molecule has 0 atom stereocenters. The molecular formula is C16H26O3. The van der Waals surface area contributed by atoms with E-state index < -0.39 is 0 Å². The predicted molar refractivity (Wildman–Crippen MR) is 78.0 cm³/mol. The van der Waals surface area contributed by atoms with Crippen LogP contribution in [-0.2, 0) is 4.74 Å². The Morgan fingerprint density at radius 3 is 1.95 bits per heavy atom. The summed E-state index contributed by atoms with van der Waals surface area (Å²) in [6, 6.07) is 7.77. The maximum Gasteiger partial charge on any atom is 0.119 e. The van der Waals surface area contributed by atoms with Crippen molar-refractivity contribution in [2.24, 2.45) is 0 Å². The summed E-state index contributed by atoms with van der Waals surface area (Å²) in [5.74, 6) is 1.76. The van der Waals surface area contributed by atoms with Gasteiger partial charge in [0.05, 0.1) is 19.3 Å². The van der Waals surface area contributed by atoms with E-state index in [0.29, 0.717) is 13.2 Å². The van der Waals surface area contributed by atoms with Crippen molar-refractivity contribution in [2.75, 3.05) is 19.8 Å². The first-order valence-corrected chi connectivity index (χ1v) is 7.19. The summed E-state index contributed by atoms with van der Waals surface area (Å²) in [4.78, 5) is 0. The van der Waals surface area contributed by atoms with E-state index in [9.17, 15) is 0 Å². The molecule has 0 bridgehead atoms. The second kappa shape index (κ2) is 9.68. The number of ether oxygens (including phenoxy) is 3. The van der Waals surface area contributed by atoms with Gasteiger partial charge in [-0.05, 0) is 44.5 Å². The van der Waals surface area contributed by atoms with Crippen molar-refractivity contribution in [3.05, 3.63) is 24.3 Å². The van der Waals surface area contributed by atoms with E-state index in [1.807, 2.05) is 38.1 Å². The Balaban J connectivity index is 2.19. The SMILES string of the molecule is CCCCCOc1ccc(OCCOC(C)C)cc1. The highest BCUT2D eigenvalue weighted by Crippen LogP contribution is 2.17. The smallest absolute Gasteiger partial charge is 0.119 e. The summed E-state index contributed by atoms with van der Waals surface area (Å²) < 4.78 is 16.6. The van der Waals surface area contributed by atoms with Crippen molar-refractivity contribution in [1.82, 2.24) is 0 Å². The van der Waals surface area contributed by atoms with Crippen LogP contribution in [0.5, 0.6) is 11.5 Å². The maximum atomic E-state index is 5.64. The highest BCUT2D eigenvalue weighted by molar-refractivity contribution is 5.31. The molecule has 3 heteroatoms. The fourth-order valence-electron chi connectivity index (χ4n) is 1.62. The predicted octanol–water partition coefficient (Wildman–Crippen LogP) is 4.06. The van der Waals surface area contributed by atoms with Crippen LogP contribution >= 0.6 is 0 Å². The first kappa shape index (κ1) is 15.8. The first-order chi connectivity index (χ1) is 9.22. The molecule has 0 amide bonds. The molecule has 19 heavy (non-hydrogen) atoms. The van der Waals surface area contributed by atoms with Gasteiger partial charge in [-0.25, -0.2) is 0 Å². The Hall–Kier alpha value is -1.22. The lowest BCUT2D eigenvalue weighted by molar-refractivity contribution is 0.0552. The highest BCUT2D eigenvalue weighted by atomic mass is 16.5. The van der Waals surface area contributed by atoms with E-state index >= 15 is 0 Å². The number of benzene rings is 1. The van der Waals surface area contributed by atoms with Crippen LogP contribution in [0, 0.1) is 0 Å². The van der Waals surface area contributed by atoms with Crippen LogP contribution in [0.1, 0.15) is 40.0 Å². The molecule has 0 fully saturated rings. The lowest BCUT2D eigenvalue weighted by Gasteiger charge is -2.10. The zero-order valence-electron chi connectivity index (χ0n) is 12.4. The van der Waals surface area contributed by atoms with E-state index in [1.54, 1.807) is 0 Å². The summed E-state index contributed by atoms with van der Waals surface area (Å²) in [6.45, 7) is 8.21. The van der Waals surface area contributed by atoms with Crippen LogP contribution in [0.15, 0.2) is 24.3 Å². The molecule has 1 aromatic carbocycles. The minimum Gasteiger partial charge on any atom is -0.494 e. The van der Waals surface area contributed by atoms with Crippen molar-refractivity contribution in [3.8, 4) is 11.5 Å². The summed E-state index contributed by atoms with van der Waals surface area (Å²) in [7, 11) is 0. The number of rotatable bonds is 10. The summed E-state index contributed by atoms with van der Waals surface area (Å²) in [5, 5.41) is 0. The minimum absolute atomic E-state index is 0.252. The molecule has 1 rings (SSSR count). The van der Waals surface area contributed by atoms with Gasteiger partial charge in [0.1, 0.15) is 18.1 Å². The first-order valence-electron chi connectivity index (χ1n) is 7.19. The Morgan fingerprint density at radius 2 is 1.42 bits per heavy atom. The van der Waals surface area contributed by atoms with Gasteiger partial charge >= 0.3 is 0 Å². The molecule has 0 unspecified atom stereocenters. The van der Waals surface area contributed by atoms with Gasteiger partial charge in [-0.2, -0.15) is 0 Å². The largest absolute Gasteiger partial charge is 0.494 e. The van der Waals surface area contributed by atoms with Crippen LogP contribution in [0.3, 0.4) is 0 Å². The van der Waals surface area contributed by atoms with Crippen LogP contribution in [0.2, 0.25) is 0 Å². The van der Waals surface area contributed by atoms with E-state index in [-0.39, 0.29) is 6.10 Å². The minimum atomic E-state index is 0.252. The molecular weight excluding hydrogens is 240 g/mol. The summed E-state index contributed by atoms with van der Waals surface area (Å²) in [5.41, 5.74) is 0. The molecule has 0 aromatic heterocycles. The normalized spacial score (nSPS) is 10.7. The maximum absolute atomic E-state index is 5.64. The van der Waals surface area contributed by atoms with E-state index in [0.717, 1.165) is 24.5 Å². The molecule has 0 radical (unpaired) electrons. The van der Waals surface area contributed by atoms with Gasteiger partial charge in [0, 0.05) is 0 Å². The molecule has 3 nitrogen and oxygen atoms in total. The molecule has 108 valence electrons. The molecule has 0 heterocycles. The van der Waals surface area contributed by atoms with E-state index in [1.165, 1.54) is 12.8 Å². The Bertz CT molecular complexity index is 319. The standard InChI is InChI=1S/C16H26O3/c1-4-5-6-11-18-15-7-9-16(10-8-15)19-13-12-17-14(2)3/h7-10,14H,4-6,11-13H2,1-3H3. The Kier molecular flexibility index (Phi) is 8.07. The average Bonchev–Trinajstić information content (AvgIpc) is 2.41. The monoisotopic (exact) mass is 266 g/mol. The van der Waals surface area contributed by atoms with Gasteiger partial charge < -0.3 is 14.2 Å². The van der Waals surface area contributed by atoms with Crippen molar-refractivity contribution in [3.63, 3.8) is 0 Å². The number of unbranched alkanes of at least 4 members (excludes halogenated alkanes) is 2. The van der Waals surface area contributed by atoms with Crippen molar-refractivity contribution in [2.45, 2.75) is 46.1 Å². The number of hydrogen-bond acceptors (Lipinski definition) is 3. The Labute approximate surface area is 116 Å². The molecule has 0 saturated carbocycles. The van der Waals surface area contributed by atoms with Crippen LogP contribution in [-0.4, -0.2) is 25.9 Å². The summed E-state index contributed by atoms with van der Waals surface area (Å²) >= 11 is 0. The Morgan fingerprint density at radius 1 is 0.842 bits per heavy atom. The summed E-state index contributed by atoms with van der Waals surface area (Å²) in [6.07, 6.45) is 3.80. The second-order valence-corrected chi connectivity index (χ2v) is 4.79. The van der Waals surface area contributed by atoms with E-state index in [2.05, 4.69) is 6.92 Å². The van der Waals surface area contributed by atoms with Gasteiger partial charge in [0.2, 0.25) is 0 Å². The highest BCUT2D eigenvalue weighted by Gasteiger charge is 1.98. The fourth-order valence-corrected chi connectivity index (χ4v) is 1.62. The third-order valence-corrected chi connectivity index (χ3v) is 2.64. The average molecular weight is 266 g/mol. The number of hydrogen-bond donors (Lipinski definition) is 0. The fraction of sp³-hybridized carbons (Fsp3) is 0.625. The molecule has 0 aliphatic rings. The van der Waals surface area contributed by atoms with Gasteiger partial charge in [0.15, 0.2) is 0 Å². The van der Waals surface area contributed by atoms with Crippen LogP contribution < -0.4 is 9.47 Å². The van der Waals surface area contributed by atoms with Crippen molar-refractivity contribution < 1.29 is 14.2 Å². The van der Waals surface area contributed by atoms with E-state index in [4.69, 9.17) is 14.2 Å². The zero-order valence-corrected chi connectivity index (χ0v) is 12.4. The molecule has 0 aliphatic carbocycles. The lowest BCUT2D eigenvalue weighted by atomic mass is 10.3. The molecule has 0 saturated heterocycles. The molecule has 1 aromatic rings. The third-order valence-electron chi connectivity index (χ3n) is 2.64. The topological polar surface area (TPSA) is 27.7 Å². The van der Waals surface area contributed by atoms with Gasteiger partial charge in [-0.1, -0.05) is 19.8 Å².